The summed E-state index contributed by atoms with van der Waals surface area (Å²) in [7, 11) is 3.35. The zero-order valence-electron chi connectivity index (χ0n) is 15.8. The number of hydrogen-bond donors (Lipinski definition) is 0. The topological polar surface area (TPSA) is 72.6 Å². The molecule has 4 rings (SSSR count). The molecule has 2 aromatic rings. The van der Waals surface area contributed by atoms with Crippen LogP contribution in [0.4, 0.5) is 0 Å². The maximum Gasteiger partial charge on any atom is 0.346 e. The number of aromatic nitrogens is 3. The predicted octanol–water partition coefficient (Wildman–Crippen LogP) is 0.126. The molecule has 0 spiro atoms. The molecule has 3 heterocycles. The van der Waals surface area contributed by atoms with E-state index < -0.39 is 0 Å². The average molecular weight is 371 g/mol. The second-order valence-corrected chi connectivity index (χ2v) is 7.36. The van der Waals surface area contributed by atoms with E-state index in [1.165, 1.54) is 20.7 Å². The number of fused-ring (bicyclic) bond motifs is 2. The quantitative estimate of drug-likeness (QED) is 0.747. The van der Waals surface area contributed by atoms with Crippen LogP contribution >= 0.6 is 0 Å². The van der Waals surface area contributed by atoms with Crippen molar-refractivity contribution in [2.75, 3.05) is 33.8 Å². The fourth-order valence-corrected chi connectivity index (χ4v) is 3.59. The molecule has 0 aliphatic carbocycles. The van der Waals surface area contributed by atoms with Crippen LogP contribution in [-0.4, -0.2) is 63.8 Å². The molecule has 0 atom stereocenters. The Morgan fingerprint density at radius 3 is 2.96 bits per heavy atom. The van der Waals surface area contributed by atoms with Crippen LogP contribution in [0.15, 0.2) is 23.0 Å². The third-order valence-corrected chi connectivity index (χ3v) is 5.26. The van der Waals surface area contributed by atoms with Crippen LogP contribution in [0.25, 0.3) is 0 Å². The summed E-state index contributed by atoms with van der Waals surface area (Å²) in [6.45, 7) is 3.74. The number of carbonyl (C=O) groups is 1. The van der Waals surface area contributed by atoms with E-state index in [2.05, 4.69) is 28.2 Å². The molecule has 8 heteroatoms. The molecule has 27 heavy (non-hydrogen) atoms. The van der Waals surface area contributed by atoms with Gasteiger partial charge in [0.05, 0.1) is 13.2 Å². The number of ether oxygens (including phenoxy) is 1. The molecule has 1 aromatic carbocycles. The maximum absolute atomic E-state index is 12.4. The van der Waals surface area contributed by atoms with Crippen molar-refractivity contribution in [3.8, 4) is 5.75 Å². The standard InChI is InChI=1S/C19H25N5O3/c1-21(2)18(25)13-24-19(26)23-9-8-22(12-17(23)20-24)7-5-14-3-4-16-15(11-14)6-10-27-16/h3-4,11H,5-10,12-13H2,1-2H3. The van der Waals surface area contributed by atoms with Crippen LogP contribution in [0, 0.1) is 0 Å². The molecule has 0 radical (unpaired) electrons. The molecule has 8 nitrogen and oxygen atoms in total. The van der Waals surface area contributed by atoms with Gasteiger partial charge in [-0.15, -0.1) is 0 Å². The third-order valence-electron chi connectivity index (χ3n) is 5.26. The van der Waals surface area contributed by atoms with Crippen molar-refractivity contribution in [1.82, 2.24) is 24.1 Å². The highest BCUT2D eigenvalue weighted by molar-refractivity contribution is 5.75. The molecule has 1 amide bonds. The van der Waals surface area contributed by atoms with Crippen LogP contribution in [0.5, 0.6) is 5.75 Å². The molecule has 0 unspecified atom stereocenters. The van der Waals surface area contributed by atoms with Gasteiger partial charge < -0.3 is 9.64 Å². The van der Waals surface area contributed by atoms with Gasteiger partial charge in [-0.3, -0.25) is 14.3 Å². The maximum atomic E-state index is 12.4. The van der Waals surface area contributed by atoms with Crippen LogP contribution in [0.3, 0.4) is 0 Å². The van der Waals surface area contributed by atoms with Gasteiger partial charge >= 0.3 is 5.69 Å². The van der Waals surface area contributed by atoms with Gasteiger partial charge in [-0.05, 0) is 23.6 Å². The lowest BCUT2D eigenvalue weighted by atomic mass is 10.1. The number of nitrogens with zero attached hydrogens (tertiary/aromatic N) is 5. The SMILES string of the molecule is CN(C)C(=O)Cn1nc2n(c1=O)CCN(CCc1ccc3c(c1)CCO3)C2. The molecule has 0 fully saturated rings. The molecule has 1 aromatic heterocycles. The summed E-state index contributed by atoms with van der Waals surface area (Å²) in [4.78, 5) is 28.1. The number of amides is 1. The fourth-order valence-electron chi connectivity index (χ4n) is 3.59. The van der Waals surface area contributed by atoms with Crippen LogP contribution in [0.2, 0.25) is 0 Å². The number of rotatable bonds is 5. The number of likely N-dealkylation sites (N-methyl/N-ethyl adjacent to an activating group) is 1. The zero-order chi connectivity index (χ0) is 19.0. The second kappa shape index (κ2) is 7.19. The summed E-state index contributed by atoms with van der Waals surface area (Å²) in [5, 5.41) is 4.39. The third kappa shape index (κ3) is 3.62. The van der Waals surface area contributed by atoms with Gasteiger partial charge in [-0.25, -0.2) is 9.48 Å². The Hall–Kier alpha value is -2.61. The van der Waals surface area contributed by atoms with Crippen molar-refractivity contribution >= 4 is 5.91 Å². The first-order chi connectivity index (χ1) is 13.0. The monoisotopic (exact) mass is 371 g/mol. The molecule has 0 saturated carbocycles. The zero-order valence-corrected chi connectivity index (χ0v) is 15.8. The fraction of sp³-hybridized carbons (Fsp3) is 0.526. The Kier molecular flexibility index (Phi) is 4.73. The highest BCUT2D eigenvalue weighted by atomic mass is 16.5. The summed E-state index contributed by atoms with van der Waals surface area (Å²) in [5.41, 5.74) is 2.41. The van der Waals surface area contributed by atoms with Crippen molar-refractivity contribution in [1.29, 1.82) is 0 Å². The number of carbonyl (C=O) groups excluding carboxylic acids is 1. The summed E-state index contributed by atoms with van der Waals surface area (Å²) in [5.74, 6) is 1.61. The Labute approximate surface area is 157 Å². The molecule has 2 aliphatic rings. The normalized spacial score (nSPS) is 15.9. The Morgan fingerprint density at radius 2 is 2.15 bits per heavy atom. The smallest absolute Gasteiger partial charge is 0.346 e. The summed E-state index contributed by atoms with van der Waals surface area (Å²) < 4.78 is 8.53. The van der Waals surface area contributed by atoms with Gasteiger partial charge in [0, 0.05) is 40.2 Å². The van der Waals surface area contributed by atoms with Gasteiger partial charge in [0.1, 0.15) is 18.1 Å². The van der Waals surface area contributed by atoms with Crippen molar-refractivity contribution < 1.29 is 9.53 Å². The number of hydrogen-bond acceptors (Lipinski definition) is 5. The van der Waals surface area contributed by atoms with Crippen molar-refractivity contribution in [2.45, 2.75) is 32.5 Å². The molecule has 2 aliphatic heterocycles. The summed E-state index contributed by atoms with van der Waals surface area (Å²) >= 11 is 0. The summed E-state index contributed by atoms with van der Waals surface area (Å²) in [6, 6.07) is 6.43. The minimum Gasteiger partial charge on any atom is -0.493 e. The van der Waals surface area contributed by atoms with Crippen LogP contribution < -0.4 is 10.4 Å². The molecular formula is C19H25N5O3. The highest BCUT2D eigenvalue weighted by Crippen LogP contribution is 2.26. The van der Waals surface area contributed by atoms with Gasteiger partial charge in [0.15, 0.2) is 0 Å². The van der Waals surface area contributed by atoms with Gasteiger partial charge in [-0.2, -0.15) is 5.10 Å². The first-order valence-electron chi connectivity index (χ1n) is 9.35. The van der Waals surface area contributed by atoms with Crippen LogP contribution in [-0.2, 0) is 37.3 Å². The molecule has 0 bridgehead atoms. The van der Waals surface area contributed by atoms with Crippen molar-refractivity contribution in [2.24, 2.45) is 0 Å². The minimum atomic E-state index is -0.196. The predicted molar refractivity (Wildman–Crippen MR) is 99.8 cm³/mol. The first kappa shape index (κ1) is 17.8. The van der Waals surface area contributed by atoms with Gasteiger partial charge in [0.25, 0.3) is 0 Å². The Bertz CT molecular complexity index is 915. The van der Waals surface area contributed by atoms with E-state index in [1.807, 2.05) is 0 Å². The van der Waals surface area contributed by atoms with E-state index in [1.54, 1.807) is 18.7 Å². The minimum absolute atomic E-state index is 0.0109. The average Bonchev–Trinajstić information content (AvgIpc) is 3.24. The van der Waals surface area contributed by atoms with Gasteiger partial charge in [-0.1, -0.05) is 12.1 Å². The Balaban J connectivity index is 1.39. The number of benzene rings is 1. The van der Waals surface area contributed by atoms with E-state index in [9.17, 15) is 9.59 Å². The van der Waals surface area contributed by atoms with Crippen molar-refractivity contribution in [3.63, 3.8) is 0 Å². The highest BCUT2D eigenvalue weighted by Gasteiger charge is 2.23. The largest absolute Gasteiger partial charge is 0.493 e. The Morgan fingerprint density at radius 1 is 1.30 bits per heavy atom. The molecule has 144 valence electrons. The lowest BCUT2D eigenvalue weighted by Crippen LogP contribution is -2.39. The molecule has 0 saturated heterocycles. The molecular weight excluding hydrogens is 346 g/mol. The second-order valence-electron chi connectivity index (χ2n) is 7.36. The van der Waals surface area contributed by atoms with Crippen LogP contribution in [0.1, 0.15) is 17.0 Å². The lowest BCUT2D eigenvalue weighted by Gasteiger charge is -2.26. The lowest BCUT2D eigenvalue weighted by molar-refractivity contribution is -0.129. The van der Waals surface area contributed by atoms with E-state index in [0.717, 1.165) is 44.1 Å². The summed E-state index contributed by atoms with van der Waals surface area (Å²) in [6.07, 6.45) is 1.94. The molecule has 0 N–H and O–H groups in total. The van der Waals surface area contributed by atoms with E-state index in [-0.39, 0.29) is 18.1 Å². The van der Waals surface area contributed by atoms with Crippen molar-refractivity contribution in [3.05, 3.63) is 45.6 Å². The van der Waals surface area contributed by atoms with E-state index >= 15 is 0 Å². The first-order valence-corrected chi connectivity index (χ1v) is 9.35. The van der Waals surface area contributed by atoms with E-state index in [0.29, 0.717) is 13.1 Å². The van der Waals surface area contributed by atoms with E-state index in [4.69, 9.17) is 4.74 Å². The van der Waals surface area contributed by atoms with Gasteiger partial charge in [0.2, 0.25) is 5.91 Å².